The maximum Gasteiger partial charge on any atom is 0.203 e. The van der Waals surface area contributed by atoms with Crippen molar-refractivity contribution in [2.75, 3.05) is 16.8 Å². The maximum atomic E-state index is 6.03. The quantitative estimate of drug-likeness (QED) is 0.178. The Kier molecular flexibility index (Phi) is 7.39. The van der Waals surface area contributed by atoms with Crippen molar-refractivity contribution in [2.45, 2.75) is 69.5 Å². The summed E-state index contributed by atoms with van der Waals surface area (Å²) in [5, 5.41) is 3.91. The molecular weight excluding hydrogens is 753 g/mol. The summed E-state index contributed by atoms with van der Waals surface area (Å²) in [6.07, 6.45) is 25.2. The first-order valence-electron chi connectivity index (χ1n) is 22.6. The molecule has 4 heteroatoms. The first-order chi connectivity index (χ1) is 30.2. The van der Waals surface area contributed by atoms with Crippen molar-refractivity contribution in [3.05, 3.63) is 214 Å². The molecule has 0 fully saturated rings. The fraction of sp³-hybridized carbons (Fsp3) is 0.224. The van der Waals surface area contributed by atoms with Crippen molar-refractivity contribution in [3.63, 3.8) is 0 Å². The van der Waals surface area contributed by atoms with E-state index in [2.05, 4.69) is 213 Å². The number of rotatable bonds is 3. The molecule has 5 aliphatic carbocycles. The second-order valence-electron chi connectivity index (χ2n) is 19.3. The van der Waals surface area contributed by atoms with Gasteiger partial charge in [-0.3, -0.25) is 0 Å². The van der Waals surface area contributed by atoms with E-state index in [-0.39, 0.29) is 23.0 Å². The number of aromatic nitrogens is 1. The molecule has 5 unspecified atom stereocenters. The number of fused-ring (bicyclic) bond motifs is 13. The third-order valence-electron chi connectivity index (χ3n) is 15.7. The molecule has 0 spiro atoms. The van der Waals surface area contributed by atoms with Gasteiger partial charge in [0.1, 0.15) is 0 Å². The van der Waals surface area contributed by atoms with Crippen LogP contribution in [0.25, 0.3) is 33.4 Å². The second-order valence-corrected chi connectivity index (χ2v) is 19.3. The predicted octanol–water partition coefficient (Wildman–Crippen LogP) is 13.5. The first kappa shape index (κ1) is 36.0. The van der Waals surface area contributed by atoms with Crippen molar-refractivity contribution in [1.29, 1.82) is 0 Å². The number of hydrogen-bond acceptors (Lipinski definition) is 3. The topological polar surface area (TPSA) is 23.8 Å². The summed E-state index contributed by atoms with van der Waals surface area (Å²) in [5.74, 6) is 0.977. The van der Waals surface area contributed by atoms with E-state index in [1.807, 2.05) is 0 Å². The van der Waals surface area contributed by atoms with Crippen LogP contribution in [0.2, 0.25) is 0 Å². The van der Waals surface area contributed by atoms with Crippen molar-refractivity contribution in [2.24, 2.45) is 10.9 Å². The molecule has 7 aliphatic rings. The highest BCUT2D eigenvalue weighted by Gasteiger charge is 2.53. The van der Waals surface area contributed by atoms with Crippen LogP contribution in [0.5, 0.6) is 0 Å². The summed E-state index contributed by atoms with van der Waals surface area (Å²) < 4.78 is 2.54. The number of anilines is 2. The van der Waals surface area contributed by atoms with E-state index in [4.69, 9.17) is 4.99 Å². The first-order valence-corrected chi connectivity index (χ1v) is 22.6. The number of aliphatic imine (C=N–C) groups is 1. The number of hydrogen-bond donors (Lipinski definition) is 0. The molecule has 2 aliphatic heterocycles. The van der Waals surface area contributed by atoms with Gasteiger partial charge in [0.25, 0.3) is 0 Å². The van der Waals surface area contributed by atoms with Crippen LogP contribution >= 0.6 is 0 Å². The van der Waals surface area contributed by atoms with Gasteiger partial charge in [0.2, 0.25) is 6.29 Å². The highest BCUT2D eigenvalue weighted by Crippen LogP contribution is 2.59. The van der Waals surface area contributed by atoms with Gasteiger partial charge < -0.3 is 14.4 Å². The van der Waals surface area contributed by atoms with Crippen molar-refractivity contribution in [3.8, 4) is 5.69 Å². The molecule has 0 radical (unpaired) electrons. The molecule has 62 heavy (non-hydrogen) atoms. The van der Waals surface area contributed by atoms with Gasteiger partial charge in [0.05, 0.1) is 16.9 Å². The molecule has 0 saturated carbocycles. The molecule has 5 aromatic carbocycles. The molecule has 5 atom stereocenters. The van der Waals surface area contributed by atoms with E-state index in [1.165, 1.54) is 94.7 Å². The lowest BCUT2D eigenvalue weighted by molar-refractivity contribution is 0.451. The molecule has 1 aromatic heterocycles. The molecular formula is C58H50N4. The summed E-state index contributed by atoms with van der Waals surface area (Å²) in [6.45, 7) is 9.71. The molecule has 0 amide bonds. The van der Waals surface area contributed by atoms with Crippen molar-refractivity contribution in [1.82, 2.24) is 4.57 Å². The third kappa shape index (κ3) is 4.65. The molecule has 13 rings (SSSR count). The lowest BCUT2D eigenvalue weighted by atomic mass is 9.65. The Morgan fingerprint density at radius 1 is 0.726 bits per heavy atom. The van der Waals surface area contributed by atoms with Crippen LogP contribution < -0.4 is 9.80 Å². The van der Waals surface area contributed by atoms with Crippen LogP contribution in [0.15, 0.2) is 185 Å². The predicted molar refractivity (Wildman–Crippen MR) is 259 cm³/mol. The molecule has 4 nitrogen and oxygen atoms in total. The lowest BCUT2D eigenvalue weighted by Crippen LogP contribution is -2.50. The zero-order chi connectivity index (χ0) is 41.6. The van der Waals surface area contributed by atoms with E-state index < -0.39 is 0 Å². The monoisotopic (exact) mass is 802 g/mol. The highest BCUT2D eigenvalue weighted by molar-refractivity contribution is 6.19. The molecule has 3 heterocycles. The van der Waals surface area contributed by atoms with Crippen LogP contribution in [0.3, 0.4) is 0 Å². The molecule has 0 bridgehead atoms. The summed E-state index contributed by atoms with van der Waals surface area (Å²) >= 11 is 0. The summed E-state index contributed by atoms with van der Waals surface area (Å²) in [4.78, 5) is 11.1. The fourth-order valence-corrected chi connectivity index (χ4v) is 12.9. The van der Waals surface area contributed by atoms with Crippen LogP contribution in [0, 0.1) is 5.92 Å². The summed E-state index contributed by atoms with van der Waals surface area (Å²) in [6, 6.07) is 39.1. The van der Waals surface area contributed by atoms with E-state index in [9.17, 15) is 0 Å². The number of para-hydroxylation sites is 1. The Morgan fingerprint density at radius 3 is 2.40 bits per heavy atom. The highest BCUT2D eigenvalue weighted by atomic mass is 15.5. The number of benzene rings is 5. The maximum absolute atomic E-state index is 6.03. The van der Waals surface area contributed by atoms with Gasteiger partial charge in [-0.2, -0.15) is 0 Å². The van der Waals surface area contributed by atoms with E-state index >= 15 is 0 Å². The number of allylic oxidation sites excluding steroid dienone is 13. The average molecular weight is 803 g/mol. The average Bonchev–Trinajstić information content (AvgIpc) is 3.86. The fourth-order valence-electron chi connectivity index (χ4n) is 12.9. The van der Waals surface area contributed by atoms with Gasteiger partial charge in [-0.15, -0.1) is 0 Å². The van der Waals surface area contributed by atoms with Crippen LogP contribution in [-0.2, 0) is 10.8 Å². The minimum atomic E-state index is -0.326. The largest absolute Gasteiger partial charge is 0.335 e. The molecule has 0 saturated heterocycles. The minimum Gasteiger partial charge on any atom is -0.335 e. The van der Waals surface area contributed by atoms with Crippen LogP contribution in [0.1, 0.15) is 85.9 Å². The van der Waals surface area contributed by atoms with E-state index in [0.29, 0.717) is 11.8 Å². The SMILES string of the molecule is CC1CC=Cc2c1c1cc3ccccc3cc1n2-c1ccc2c(c1)N(C1N=C(C3=C4C(CC=C3)c3ccccc3C4(C)C)c3ccccc3N1C)C1=CC=C3C=CC=CC3C12C. The molecule has 0 N–H and O–H groups in total. The smallest absolute Gasteiger partial charge is 0.203 e. The summed E-state index contributed by atoms with van der Waals surface area (Å²) in [7, 11) is 2.25. The van der Waals surface area contributed by atoms with Gasteiger partial charge in [0.15, 0.2) is 0 Å². The minimum absolute atomic E-state index is 0.116. The lowest BCUT2D eigenvalue weighted by Gasteiger charge is -2.44. The standard InChI is InChI=1S/C58H50N4/c1-35-16-14-27-49-53(35)44-32-37-18-6-7-19-38(37)33-50(44)61(49)39-29-30-47-51(34-39)62(52-31-28-36-17-8-11-24-45(36)58(47,52)4)56-59-55(42-21-10-13-26-48(42)60(56)5)43-23-15-22-41-40-20-9-12-25-46(40)57(2,3)54(41)43/h6-15,17-21,23-35,41,45,56H,16,22H2,1-5H3. The van der Waals surface area contributed by atoms with Crippen LogP contribution in [-0.4, -0.2) is 23.6 Å². The van der Waals surface area contributed by atoms with Crippen LogP contribution in [0.4, 0.5) is 11.4 Å². The molecule has 302 valence electrons. The van der Waals surface area contributed by atoms with Gasteiger partial charge in [-0.05, 0) is 112 Å². The van der Waals surface area contributed by atoms with Gasteiger partial charge in [-0.1, -0.05) is 142 Å². The summed E-state index contributed by atoms with van der Waals surface area (Å²) in [5.41, 5.74) is 19.2. The normalized spacial score (nSPS) is 25.8. The van der Waals surface area contributed by atoms with Gasteiger partial charge >= 0.3 is 0 Å². The molecule has 6 aromatic rings. The zero-order valence-electron chi connectivity index (χ0n) is 36.1. The van der Waals surface area contributed by atoms with Crippen molar-refractivity contribution < 1.29 is 0 Å². The Hall–Kier alpha value is -6.65. The van der Waals surface area contributed by atoms with E-state index in [0.717, 1.165) is 18.6 Å². The van der Waals surface area contributed by atoms with Crippen molar-refractivity contribution >= 4 is 44.8 Å². The third-order valence-corrected chi connectivity index (χ3v) is 15.7. The Balaban J connectivity index is 1.06. The van der Waals surface area contributed by atoms with E-state index in [1.54, 1.807) is 0 Å². The van der Waals surface area contributed by atoms with Gasteiger partial charge in [-0.25, -0.2) is 4.99 Å². The Labute approximate surface area is 364 Å². The Morgan fingerprint density at radius 2 is 1.52 bits per heavy atom. The number of nitrogens with zero attached hydrogens (tertiary/aromatic N) is 4. The second kappa shape index (κ2) is 12.7. The Bertz CT molecular complexity index is 3240. The zero-order valence-corrected chi connectivity index (χ0v) is 36.1. The van der Waals surface area contributed by atoms with Gasteiger partial charge in [0, 0.05) is 69.0 Å².